The fourth-order valence-corrected chi connectivity index (χ4v) is 3.46. The molecule has 0 saturated carbocycles. The highest BCUT2D eigenvalue weighted by atomic mass is 35.5. The molecule has 0 aliphatic heterocycles. The molecule has 0 fully saturated rings. The van der Waals surface area contributed by atoms with Crippen molar-refractivity contribution in [3.05, 3.63) is 78.0 Å². The fourth-order valence-electron chi connectivity index (χ4n) is 3.46. The van der Waals surface area contributed by atoms with Gasteiger partial charge in [0, 0.05) is 18.2 Å². The normalized spacial score (nSPS) is 17.3. The maximum atomic E-state index is 11.5. The number of fused-ring (bicyclic) bond motifs is 1. The molecule has 0 spiro atoms. The van der Waals surface area contributed by atoms with Gasteiger partial charge in [0.05, 0.1) is 5.69 Å². The van der Waals surface area contributed by atoms with Crippen LogP contribution in [0.2, 0.25) is 0 Å². The van der Waals surface area contributed by atoms with Gasteiger partial charge < -0.3 is 15.6 Å². The summed E-state index contributed by atoms with van der Waals surface area (Å²) in [6.45, 7) is 0. The van der Waals surface area contributed by atoms with Crippen molar-refractivity contribution in [2.45, 2.75) is 24.8 Å². The van der Waals surface area contributed by atoms with Crippen LogP contribution in [0.4, 0.5) is 0 Å². The topological polar surface area (TPSA) is 85.4 Å². The number of aliphatic carboxylic acids is 1. The number of hydrogen-bond donors (Lipinski definition) is 2. The van der Waals surface area contributed by atoms with Gasteiger partial charge in [-0.3, -0.25) is 9.78 Å². The number of carboxylic acid groups (broad SMARTS) is 1. The summed E-state index contributed by atoms with van der Waals surface area (Å²) in [4.78, 5) is 15.9. The lowest BCUT2D eigenvalue weighted by Gasteiger charge is -2.31. The van der Waals surface area contributed by atoms with Crippen molar-refractivity contribution < 1.29 is 14.6 Å². The molecule has 0 bridgehead atoms. The van der Waals surface area contributed by atoms with Crippen molar-refractivity contribution in [1.82, 2.24) is 4.98 Å². The number of aromatic nitrogens is 1. The highest BCUT2D eigenvalue weighted by Gasteiger charge is 2.37. The predicted octanol–water partition coefficient (Wildman–Crippen LogP) is 4.66. The average Bonchev–Trinajstić information content (AvgIpc) is 2.69. The van der Waals surface area contributed by atoms with Crippen LogP contribution < -0.4 is 10.5 Å². The lowest BCUT2D eigenvalue weighted by Crippen LogP contribution is -2.52. The van der Waals surface area contributed by atoms with Gasteiger partial charge in [-0.15, -0.1) is 24.8 Å². The molecule has 5 nitrogen and oxygen atoms in total. The first-order valence-electron chi connectivity index (χ1n) is 8.87. The molecule has 3 aromatic rings. The van der Waals surface area contributed by atoms with E-state index in [-0.39, 0.29) is 24.8 Å². The first-order valence-corrected chi connectivity index (χ1v) is 8.87. The summed E-state index contributed by atoms with van der Waals surface area (Å²) >= 11 is 0. The molecule has 0 radical (unpaired) electrons. The summed E-state index contributed by atoms with van der Waals surface area (Å²) in [6, 6.07) is 19.3. The van der Waals surface area contributed by atoms with E-state index in [0.717, 1.165) is 22.4 Å². The first kappa shape index (κ1) is 22.7. The minimum absolute atomic E-state index is 0. The Morgan fingerprint density at radius 1 is 1.03 bits per heavy atom. The van der Waals surface area contributed by atoms with Crippen molar-refractivity contribution in [2.75, 3.05) is 0 Å². The lowest BCUT2D eigenvalue weighted by atomic mass is 9.78. The number of halogens is 2. The van der Waals surface area contributed by atoms with E-state index in [1.807, 2.05) is 60.7 Å². The minimum Gasteiger partial charge on any atom is -0.480 e. The van der Waals surface area contributed by atoms with Gasteiger partial charge in [0.2, 0.25) is 0 Å². The maximum Gasteiger partial charge on any atom is 0.324 e. The van der Waals surface area contributed by atoms with Gasteiger partial charge in [-0.2, -0.15) is 0 Å². The van der Waals surface area contributed by atoms with Crippen LogP contribution in [0, 0.1) is 0 Å². The van der Waals surface area contributed by atoms with E-state index >= 15 is 0 Å². The van der Waals surface area contributed by atoms with Gasteiger partial charge in [-0.25, -0.2) is 0 Å². The average molecular weight is 433 g/mol. The Morgan fingerprint density at radius 3 is 2.52 bits per heavy atom. The SMILES string of the molecule is Cl.Cl.NC1(C(=O)O)CCc2ccc(Oc3ccccc3-c3ccccn3)cc2C1. The Morgan fingerprint density at radius 2 is 1.79 bits per heavy atom. The van der Waals surface area contributed by atoms with E-state index in [1.54, 1.807) is 6.20 Å². The Hall–Kier alpha value is -2.60. The molecular formula is C22H22Cl2N2O3. The number of ether oxygens (including phenoxy) is 1. The molecule has 3 N–H and O–H groups in total. The number of pyridine rings is 1. The summed E-state index contributed by atoms with van der Waals surface area (Å²) in [5.74, 6) is 0.399. The molecule has 1 unspecified atom stereocenters. The molecule has 2 aromatic carbocycles. The van der Waals surface area contributed by atoms with E-state index in [1.165, 1.54) is 0 Å². The standard InChI is InChI=1S/C22H20N2O3.2ClH/c23-22(21(25)26)11-10-15-8-9-17(13-16(15)14-22)27-20-7-2-1-5-18(20)19-6-3-4-12-24-19;;/h1-9,12-13H,10-11,14,23H2,(H,25,26);2*1H. The van der Waals surface area contributed by atoms with E-state index in [9.17, 15) is 9.90 Å². The quantitative estimate of drug-likeness (QED) is 0.626. The number of para-hydroxylation sites is 1. The second-order valence-electron chi connectivity index (χ2n) is 6.88. The number of nitrogens with zero attached hydrogens (tertiary/aromatic N) is 1. The molecule has 0 saturated heterocycles. The van der Waals surface area contributed by atoms with Crippen molar-refractivity contribution >= 4 is 30.8 Å². The number of aryl methyl sites for hydroxylation is 1. The van der Waals surface area contributed by atoms with E-state index in [2.05, 4.69) is 4.98 Å². The summed E-state index contributed by atoms with van der Waals surface area (Å²) in [6.07, 6.45) is 3.15. The Bertz CT molecular complexity index is 998. The highest BCUT2D eigenvalue weighted by molar-refractivity contribution is 5.85. The Balaban J connectivity index is 0.00000150. The number of benzene rings is 2. The zero-order chi connectivity index (χ0) is 18.9. The summed E-state index contributed by atoms with van der Waals surface area (Å²) in [5, 5.41) is 9.43. The van der Waals surface area contributed by atoms with Crippen molar-refractivity contribution in [2.24, 2.45) is 5.73 Å². The van der Waals surface area contributed by atoms with Crippen LogP contribution in [0.15, 0.2) is 66.9 Å². The van der Waals surface area contributed by atoms with Gasteiger partial charge in [0.1, 0.15) is 17.0 Å². The molecule has 1 aliphatic carbocycles. The molecule has 1 aliphatic rings. The predicted molar refractivity (Wildman–Crippen MR) is 117 cm³/mol. The van der Waals surface area contributed by atoms with Crippen molar-refractivity contribution in [3.8, 4) is 22.8 Å². The van der Waals surface area contributed by atoms with Crippen molar-refractivity contribution in [3.63, 3.8) is 0 Å². The number of rotatable bonds is 4. The van der Waals surface area contributed by atoms with Crippen LogP contribution in [0.3, 0.4) is 0 Å². The van der Waals surface area contributed by atoms with Gasteiger partial charge in [0.15, 0.2) is 0 Å². The van der Waals surface area contributed by atoms with Crippen LogP contribution in [-0.2, 0) is 17.6 Å². The molecule has 1 aromatic heterocycles. The number of carboxylic acids is 1. The molecule has 152 valence electrons. The first-order chi connectivity index (χ1) is 13.0. The van der Waals surface area contributed by atoms with E-state index in [4.69, 9.17) is 10.5 Å². The van der Waals surface area contributed by atoms with E-state index < -0.39 is 11.5 Å². The zero-order valence-electron chi connectivity index (χ0n) is 15.6. The molecular weight excluding hydrogens is 411 g/mol. The zero-order valence-corrected chi connectivity index (χ0v) is 17.2. The highest BCUT2D eigenvalue weighted by Crippen LogP contribution is 2.35. The number of nitrogens with two attached hydrogens (primary N) is 1. The summed E-state index contributed by atoms with van der Waals surface area (Å²) in [5.41, 5.74) is 8.65. The number of carbonyl (C=O) groups is 1. The smallest absolute Gasteiger partial charge is 0.324 e. The van der Waals surface area contributed by atoms with Crippen LogP contribution in [0.1, 0.15) is 17.5 Å². The third-order valence-electron chi connectivity index (χ3n) is 5.01. The second-order valence-corrected chi connectivity index (χ2v) is 6.88. The Kier molecular flexibility index (Phi) is 7.25. The summed E-state index contributed by atoms with van der Waals surface area (Å²) in [7, 11) is 0. The third kappa shape index (κ3) is 4.70. The van der Waals surface area contributed by atoms with Crippen LogP contribution in [0.25, 0.3) is 11.3 Å². The molecule has 1 atom stereocenters. The third-order valence-corrected chi connectivity index (χ3v) is 5.01. The van der Waals surface area contributed by atoms with Crippen LogP contribution in [0.5, 0.6) is 11.5 Å². The second kappa shape index (κ2) is 9.27. The lowest BCUT2D eigenvalue weighted by molar-refractivity contribution is -0.143. The Labute approximate surface area is 181 Å². The van der Waals surface area contributed by atoms with Gasteiger partial charge >= 0.3 is 5.97 Å². The van der Waals surface area contributed by atoms with Crippen molar-refractivity contribution in [1.29, 1.82) is 0 Å². The molecule has 0 amide bonds. The fraction of sp³-hybridized carbons (Fsp3) is 0.182. The molecule has 4 rings (SSSR count). The van der Waals surface area contributed by atoms with Gasteiger partial charge in [0.25, 0.3) is 0 Å². The van der Waals surface area contributed by atoms with Crippen LogP contribution >= 0.6 is 24.8 Å². The van der Waals surface area contributed by atoms with Gasteiger partial charge in [-0.05, 0) is 60.4 Å². The molecule has 29 heavy (non-hydrogen) atoms. The van der Waals surface area contributed by atoms with Gasteiger partial charge in [-0.1, -0.05) is 24.3 Å². The monoisotopic (exact) mass is 432 g/mol. The summed E-state index contributed by atoms with van der Waals surface area (Å²) < 4.78 is 6.13. The van der Waals surface area contributed by atoms with Crippen LogP contribution in [-0.4, -0.2) is 21.6 Å². The minimum atomic E-state index is -1.21. The number of hydrogen-bond acceptors (Lipinski definition) is 4. The van der Waals surface area contributed by atoms with E-state index in [0.29, 0.717) is 30.8 Å². The largest absolute Gasteiger partial charge is 0.480 e. The maximum absolute atomic E-state index is 11.5. The molecule has 7 heteroatoms. The molecule has 1 heterocycles.